The van der Waals surface area contributed by atoms with Gasteiger partial charge in [-0.05, 0) is 31.4 Å². The number of non-ortho nitro benzene ring substituents is 1. The van der Waals surface area contributed by atoms with Gasteiger partial charge in [0.1, 0.15) is 0 Å². The second kappa shape index (κ2) is 8.14. The molecule has 1 fully saturated rings. The second-order valence-electron chi connectivity index (χ2n) is 7.85. The SMILES string of the molecule is CC1=CC[C@H]2C(=O)N(N(Cc3ccccc3)C(=O)c3cccc([N+](=O)[O-])c3)C(=O)[C@H]2C1. The largest absolute Gasteiger partial charge is 0.273 e. The molecule has 1 heterocycles. The van der Waals surface area contributed by atoms with Gasteiger partial charge in [0.2, 0.25) is 0 Å². The molecule has 3 amide bonds. The Balaban J connectivity index is 1.72. The molecule has 1 aliphatic heterocycles. The van der Waals surface area contributed by atoms with Crippen LogP contribution in [0.2, 0.25) is 0 Å². The summed E-state index contributed by atoms with van der Waals surface area (Å²) in [7, 11) is 0. The standard InChI is InChI=1S/C23H21N3O5/c1-15-10-11-19-20(12-15)23(29)25(22(19)28)24(14-16-6-3-2-4-7-16)21(27)17-8-5-9-18(13-17)26(30)31/h2-10,13,19-20H,11-12,14H2,1H3/t19-,20+/m1/s1. The van der Waals surface area contributed by atoms with Gasteiger partial charge in [-0.3, -0.25) is 24.5 Å². The van der Waals surface area contributed by atoms with E-state index in [1.807, 2.05) is 19.1 Å². The number of fused-ring (bicyclic) bond motifs is 1. The molecule has 1 aliphatic carbocycles. The van der Waals surface area contributed by atoms with Gasteiger partial charge in [-0.1, -0.05) is 48.0 Å². The van der Waals surface area contributed by atoms with Crippen LogP contribution in [0.5, 0.6) is 0 Å². The van der Waals surface area contributed by atoms with Crippen molar-refractivity contribution in [1.29, 1.82) is 0 Å². The summed E-state index contributed by atoms with van der Waals surface area (Å²) in [6.07, 6.45) is 2.90. The van der Waals surface area contributed by atoms with Crippen LogP contribution in [0.25, 0.3) is 0 Å². The number of amides is 3. The highest BCUT2D eigenvalue weighted by Gasteiger charge is 2.51. The number of hydrazine groups is 1. The predicted octanol–water partition coefficient (Wildman–Crippen LogP) is 3.49. The number of rotatable bonds is 5. The van der Waals surface area contributed by atoms with Crippen LogP contribution in [-0.2, 0) is 16.1 Å². The predicted molar refractivity (Wildman–Crippen MR) is 111 cm³/mol. The van der Waals surface area contributed by atoms with Crippen molar-refractivity contribution in [3.63, 3.8) is 0 Å². The van der Waals surface area contributed by atoms with Crippen molar-refractivity contribution in [1.82, 2.24) is 10.0 Å². The minimum Gasteiger partial charge on any atom is -0.272 e. The lowest BCUT2D eigenvalue weighted by atomic mass is 9.82. The molecular formula is C23H21N3O5. The fraction of sp³-hybridized carbons (Fsp3) is 0.261. The molecule has 2 aromatic carbocycles. The van der Waals surface area contributed by atoms with Crippen LogP contribution in [0.3, 0.4) is 0 Å². The van der Waals surface area contributed by atoms with Gasteiger partial charge in [0.15, 0.2) is 0 Å². The van der Waals surface area contributed by atoms with Crippen LogP contribution in [0.4, 0.5) is 5.69 Å². The van der Waals surface area contributed by atoms with Crippen LogP contribution in [0.1, 0.15) is 35.7 Å². The molecule has 2 atom stereocenters. The van der Waals surface area contributed by atoms with Crippen LogP contribution in [0, 0.1) is 22.0 Å². The van der Waals surface area contributed by atoms with Crippen molar-refractivity contribution in [3.8, 4) is 0 Å². The van der Waals surface area contributed by atoms with Crippen LogP contribution in [-0.4, -0.2) is 32.7 Å². The highest BCUT2D eigenvalue weighted by atomic mass is 16.6. The molecule has 8 heteroatoms. The first kappa shape index (κ1) is 20.5. The maximum absolute atomic E-state index is 13.4. The molecule has 0 N–H and O–H groups in total. The third-order valence-corrected chi connectivity index (χ3v) is 5.75. The minimum absolute atomic E-state index is 0.00824. The van der Waals surface area contributed by atoms with E-state index in [4.69, 9.17) is 0 Å². The van der Waals surface area contributed by atoms with Gasteiger partial charge in [-0.2, -0.15) is 5.01 Å². The number of hydrogen-bond acceptors (Lipinski definition) is 5. The lowest BCUT2D eigenvalue weighted by molar-refractivity contribution is -0.384. The third kappa shape index (κ3) is 3.84. The Hall–Kier alpha value is -3.81. The zero-order valence-electron chi connectivity index (χ0n) is 16.9. The first-order valence-electron chi connectivity index (χ1n) is 10.0. The minimum atomic E-state index is -0.641. The summed E-state index contributed by atoms with van der Waals surface area (Å²) >= 11 is 0. The van der Waals surface area contributed by atoms with E-state index < -0.39 is 34.5 Å². The fourth-order valence-corrected chi connectivity index (χ4v) is 4.15. The first-order chi connectivity index (χ1) is 14.9. The molecule has 0 radical (unpaired) electrons. The van der Waals surface area contributed by atoms with E-state index in [0.29, 0.717) is 12.8 Å². The number of benzene rings is 2. The van der Waals surface area contributed by atoms with E-state index in [9.17, 15) is 24.5 Å². The highest BCUT2D eigenvalue weighted by Crippen LogP contribution is 2.39. The monoisotopic (exact) mass is 419 g/mol. The van der Waals surface area contributed by atoms with Gasteiger partial charge < -0.3 is 0 Å². The van der Waals surface area contributed by atoms with Crippen molar-refractivity contribution in [3.05, 3.63) is 87.5 Å². The summed E-state index contributed by atoms with van der Waals surface area (Å²) < 4.78 is 0. The van der Waals surface area contributed by atoms with E-state index in [0.717, 1.165) is 27.2 Å². The smallest absolute Gasteiger partial charge is 0.272 e. The Morgan fingerprint density at radius 1 is 1.10 bits per heavy atom. The molecule has 158 valence electrons. The molecule has 0 bridgehead atoms. The van der Waals surface area contributed by atoms with Gasteiger partial charge in [-0.25, -0.2) is 5.01 Å². The molecule has 0 aromatic heterocycles. The van der Waals surface area contributed by atoms with Crippen LogP contribution < -0.4 is 0 Å². The van der Waals surface area contributed by atoms with E-state index in [1.54, 1.807) is 24.3 Å². The van der Waals surface area contributed by atoms with E-state index in [2.05, 4.69) is 0 Å². The van der Waals surface area contributed by atoms with Crippen LogP contribution >= 0.6 is 0 Å². The molecule has 0 saturated carbocycles. The number of imide groups is 1. The average Bonchev–Trinajstić information content (AvgIpc) is 3.02. The van der Waals surface area contributed by atoms with Crippen molar-refractivity contribution in [2.45, 2.75) is 26.3 Å². The molecular weight excluding hydrogens is 398 g/mol. The number of carbonyl (C=O) groups excluding carboxylic acids is 3. The first-order valence-corrected chi connectivity index (χ1v) is 10.0. The Kier molecular flexibility index (Phi) is 5.37. The fourth-order valence-electron chi connectivity index (χ4n) is 4.15. The van der Waals surface area contributed by atoms with Gasteiger partial charge in [-0.15, -0.1) is 0 Å². The van der Waals surface area contributed by atoms with Gasteiger partial charge in [0, 0.05) is 17.7 Å². The molecule has 8 nitrogen and oxygen atoms in total. The highest BCUT2D eigenvalue weighted by molar-refractivity contribution is 6.08. The zero-order valence-corrected chi connectivity index (χ0v) is 16.9. The van der Waals surface area contributed by atoms with Crippen LogP contribution in [0.15, 0.2) is 66.2 Å². The maximum atomic E-state index is 13.4. The summed E-state index contributed by atoms with van der Waals surface area (Å²) in [6, 6.07) is 14.3. The normalized spacial score (nSPS) is 20.3. The number of allylic oxidation sites excluding steroid dienone is 2. The maximum Gasteiger partial charge on any atom is 0.273 e. The number of hydrogen-bond donors (Lipinski definition) is 0. The summed E-state index contributed by atoms with van der Waals surface area (Å²) in [5.41, 5.74) is 1.57. The number of nitro benzene ring substituents is 1. The second-order valence-corrected chi connectivity index (χ2v) is 7.85. The Labute approximate surface area is 178 Å². The topological polar surface area (TPSA) is 101 Å². The van der Waals surface area contributed by atoms with E-state index in [1.165, 1.54) is 18.2 Å². The Morgan fingerprint density at radius 2 is 1.81 bits per heavy atom. The van der Waals surface area contributed by atoms with Crippen molar-refractivity contribution >= 4 is 23.4 Å². The summed E-state index contributed by atoms with van der Waals surface area (Å²) in [6.45, 7) is 1.92. The lowest BCUT2D eigenvalue weighted by Gasteiger charge is -2.30. The number of carbonyl (C=O) groups is 3. The lowest BCUT2D eigenvalue weighted by Crippen LogP contribution is -2.49. The Morgan fingerprint density at radius 3 is 2.52 bits per heavy atom. The zero-order chi connectivity index (χ0) is 22.1. The third-order valence-electron chi connectivity index (χ3n) is 5.75. The Bertz CT molecular complexity index is 1100. The molecule has 0 unspecified atom stereocenters. The molecule has 2 aromatic rings. The molecule has 2 aliphatic rings. The van der Waals surface area contributed by atoms with E-state index >= 15 is 0 Å². The van der Waals surface area contributed by atoms with Crippen molar-refractivity contribution in [2.75, 3.05) is 0 Å². The average molecular weight is 419 g/mol. The van der Waals surface area contributed by atoms with Crippen molar-refractivity contribution in [2.24, 2.45) is 11.8 Å². The summed E-state index contributed by atoms with van der Waals surface area (Å²) in [5.74, 6) is -2.44. The number of nitrogens with zero attached hydrogens (tertiary/aromatic N) is 3. The van der Waals surface area contributed by atoms with Gasteiger partial charge in [0.25, 0.3) is 23.4 Å². The van der Waals surface area contributed by atoms with Gasteiger partial charge >= 0.3 is 0 Å². The molecule has 4 rings (SSSR count). The quantitative estimate of drug-likeness (QED) is 0.320. The summed E-state index contributed by atoms with van der Waals surface area (Å²) in [4.78, 5) is 50.4. The molecule has 0 spiro atoms. The summed E-state index contributed by atoms with van der Waals surface area (Å²) in [5, 5.41) is 13.2. The molecule has 1 saturated heterocycles. The van der Waals surface area contributed by atoms with Gasteiger partial charge in [0.05, 0.1) is 23.3 Å². The van der Waals surface area contributed by atoms with E-state index in [-0.39, 0.29) is 17.8 Å². The molecule has 31 heavy (non-hydrogen) atoms. The number of nitro groups is 1. The van der Waals surface area contributed by atoms with Crippen molar-refractivity contribution < 1.29 is 19.3 Å².